The first-order valence-electron chi connectivity index (χ1n) is 5.57. The molecular formula is C14H15BrN2. The molecule has 0 bridgehead atoms. The molecule has 0 radical (unpaired) electrons. The van der Waals surface area contributed by atoms with Crippen LogP contribution in [0.4, 0.5) is 5.69 Å². The Bertz CT molecular complexity index is 486. The Balaban J connectivity index is 2.15. The van der Waals surface area contributed by atoms with Crippen LogP contribution >= 0.6 is 15.9 Å². The second-order valence-corrected chi connectivity index (χ2v) is 5.00. The molecule has 0 atom stereocenters. The predicted octanol–water partition coefficient (Wildman–Crippen LogP) is 4.07. The normalized spacial score (nSPS) is 10.3. The lowest BCUT2D eigenvalue weighted by molar-refractivity contribution is 1.04. The first-order valence-corrected chi connectivity index (χ1v) is 6.36. The number of hydrogen-bond donors (Lipinski definition) is 1. The van der Waals surface area contributed by atoms with Crippen molar-refractivity contribution in [3.05, 3.63) is 57.8 Å². The second-order valence-electron chi connectivity index (χ2n) is 4.09. The van der Waals surface area contributed by atoms with Crippen molar-refractivity contribution < 1.29 is 0 Å². The third-order valence-corrected chi connectivity index (χ3v) is 3.13. The quantitative estimate of drug-likeness (QED) is 0.922. The fourth-order valence-electron chi connectivity index (χ4n) is 1.87. The molecule has 0 aliphatic heterocycles. The lowest BCUT2D eigenvalue weighted by Gasteiger charge is -2.13. The van der Waals surface area contributed by atoms with Crippen LogP contribution in [-0.4, -0.2) is 4.98 Å². The zero-order valence-corrected chi connectivity index (χ0v) is 11.6. The van der Waals surface area contributed by atoms with Gasteiger partial charge in [0.15, 0.2) is 0 Å². The van der Waals surface area contributed by atoms with Crippen molar-refractivity contribution >= 4 is 21.6 Å². The molecule has 0 fully saturated rings. The minimum absolute atomic E-state index is 0.754. The summed E-state index contributed by atoms with van der Waals surface area (Å²) < 4.78 is 1.12. The molecule has 2 rings (SSSR count). The van der Waals surface area contributed by atoms with Crippen molar-refractivity contribution in [2.24, 2.45) is 0 Å². The number of nitrogens with one attached hydrogen (secondary N) is 1. The molecule has 2 nitrogen and oxygen atoms in total. The maximum absolute atomic E-state index is 4.30. The lowest BCUT2D eigenvalue weighted by Crippen LogP contribution is -2.04. The van der Waals surface area contributed by atoms with Crippen LogP contribution in [-0.2, 0) is 6.54 Å². The molecule has 1 N–H and O–H groups in total. The summed E-state index contributed by atoms with van der Waals surface area (Å²) in [7, 11) is 0. The monoisotopic (exact) mass is 290 g/mol. The SMILES string of the molecule is Cc1cc(Br)cc(C)c1NCc1ccccn1. The zero-order valence-electron chi connectivity index (χ0n) is 10.00. The van der Waals surface area contributed by atoms with Crippen LogP contribution < -0.4 is 5.32 Å². The third kappa shape index (κ3) is 3.07. The van der Waals surface area contributed by atoms with Gasteiger partial charge in [-0.3, -0.25) is 4.98 Å². The molecule has 0 unspecified atom stereocenters. The van der Waals surface area contributed by atoms with Gasteiger partial charge in [0.2, 0.25) is 0 Å². The predicted molar refractivity (Wildman–Crippen MR) is 75.2 cm³/mol. The molecule has 0 saturated heterocycles. The molecule has 0 aliphatic rings. The van der Waals surface area contributed by atoms with Crippen LogP contribution in [0.3, 0.4) is 0 Å². The Kier molecular flexibility index (Phi) is 3.79. The van der Waals surface area contributed by atoms with Crippen molar-refractivity contribution in [1.29, 1.82) is 0 Å². The van der Waals surface area contributed by atoms with Gasteiger partial charge >= 0.3 is 0 Å². The van der Waals surface area contributed by atoms with E-state index in [4.69, 9.17) is 0 Å². The first kappa shape index (κ1) is 12.1. The highest BCUT2D eigenvalue weighted by Gasteiger charge is 2.04. The molecule has 0 spiro atoms. The van der Waals surface area contributed by atoms with Crippen molar-refractivity contribution in [2.45, 2.75) is 20.4 Å². The van der Waals surface area contributed by atoms with Crippen molar-refractivity contribution in [2.75, 3.05) is 5.32 Å². The summed E-state index contributed by atoms with van der Waals surface area (Å²) >= 11 is 3.50. The van der Waals surface area contributed by atoms with E-state index in [0.29, 0.717) is 0 Å². The number of anilines is 1. The maximum atomic E-state index is 4.30. The van der Waals surface area contributed by atoms with E-state index in [1.54, 1.807) is 0 Å². The van der Waals surface area contributed by atoms with E-state index in [1.165, 1.54) is 16.8 Å². The summed E-state index contributed by atoms with van der Waals surface area (Å²) in [6, 6.07) is 10.2. The molecule has 17 heavy (non-hydrogen) atoms. The van der Waals surface area contributed by atoms with E-state index in [9.17, 15) is 0 Å². The first-order chi connectivity index (χ1) is 8.16. The van der Waals surface area contributed by atoms with E-state index < -0.39 is 0 Å². The molecule has 0 amide bonds. The number of rotatable bonds is 3. The van der Waals surface area contributed by atoms with Crippen LogP contribution in [0.15, 0.2) is 41.0 Å². The van der Waals surface area contributed by atoms with Gasteiger partial charge < -0.3 is 5.32 Å². The Morgan fingerprint density at radius 1 is 1.18 bits per heavy atom. The summed E-state index contributed by atoms with van der Waals surface area (Å²) in [6.45, 7) is 4.97. The Morgan fingerprint density at radius 2 is 1.88 bits per heavy atom. The number of hydrogen-bond acceptors (Lipinski definition) is 2. The smallest absolute Gasteiger partial charge is 0.0594 e. The average Bonchev–Trinajstić information content (AvgIpc) is 2.29. The molecule has 1 aromatic carbocycles. The van der Waals surface area contributed by atoms with Gasteiger partial charge in [0, 0.05) is 16.4 Å². The average molecular weight is 291 g/mol. The van der Waals surface area contributed by atoms with Gasteiger partial charge in [0.05, 0.1) is 12.2 Å². The lowest BCUT2D eigenvalue weighted by atomic mass is 10.1. The summed E-state index contributed by atoms with van der Waals surface area (Å²) in [4.78, 5) is 4.30. The number of benzene rings is 1. The Labute approximate surface area is 110 Å². The molecule has 88 valence electrons. The van der Waals surface area contributed by atoms with Gasteiger partial charge in [0.1, 0.15) is 0 Å². The van der Waals surface area contributed by atoms with Crippen molar-refractivity contribution in [1.82, 2.24) is 4.98 Å². The fourth-order valence-corrected chi connectivity index (χ4v) is 2.56. The topological polar surface area (TPSA) is 24.9 Å². The minimum atomic E-state index is 0.754. The molecule has 1 heterocycles. The molecule has 3 heteroatoms. The van der Waals surface area contributed by atoms with Gasteiger partial charge in [0.25, 0.3) is 0 Å². The highest BCUT2D eigenvalue weighted by atomic mass is 79.9. The van der Waals surface area contributed by atoms with E-state index >= 15 is 0 Å². The van der Waals surface area contributed by atoms with Gasteiger partial charge in [-0.15, -0.1) is 0 Å². The van der Waals surface area contributed by atoms with Crippen LogP contribution in [0, 0.1) is 13.8 Å². The Hall–Kier alpha value is -1.35. The zero-order chi connectivity index (χ0) is 12.3. The number of halogens is 1. The van der Waals surface area contributed by atoms with Crippen LogP contribution in [0.25, 0.3) is 0 Å². The number of pyridine rings is 1. The van der Waals surface area contributed by atoms with E-state index in [2.05, 4.69) is 52.2 Å². The third-order valence-electron chi connectivity index (χ3n) is 2.67. The Morgan fingerprint density at radius 3 is 2.47 bits per heavy atom. The van der Waals surface area contributed by atoms with Gasteiger partial charge in [-0.25, -0.2) is 0 Å². The highest BCUT2D eigenvalue weighted by molar-refractivity contribution is 9.10. The maximum Gasteiger partial charge on any atom is 0.0594 e. The van der Waals surface area contributed by atoms with Gasteiger partial charge in [-0.05, 0) is 49.2 Å². The largest absolute Gasteiger partial charge is 0.379 e. The minimum Gasteiger partial charge on any atom is -0.379 e. The molecule has 2 aromatic rings. The van der Waals surface area contributed by atoms with Crippen molar-refractivity contribution in [3.63, 3.8) is 0 Å². The van der Waals surface area contributed by atoms with Gasteiger partial charge in [-0.1, -0.05) is 22.0 Å². The van der Waals surface area contributed by atoms with Crippen LogP contribution in [0.5, 0.6) is 0 Å². The number of aryl methyl sites for hydroxylation is 2. The molecule has 0 aliphatic carbocycles. The molecule has 0 saturated carbocycles. The summed E-state index contributed by atoms with van der Waals surface area (Å²) in [5.41, 5.74) is 4.73. The van der Waals surface area contributed by atoms with Crippen LogP contribution in [0.2, 0.25) is 0 Å². The summed E-state index contributed by atoms with van der Waals surface area (Å²) in [6.07, 6.45) is 1.82. The molecular weight excluding hydrogens is 276 g/mol. The summed E-state index contributed by atoms with van der Waals surface area (Å²) in [5.74, 6) is 0. The van der Waals surface area contributed by atoms with Crippen LogP contribution in [0.1, 0.15) is 16.8 Å². The standard InChI is InChI=1S/C14H15BrN2/c1-10-7-12(15)8-11(2)14(10)17-9-13-5-3-4-6-16-13/h3-8,17H,9H2,1-2H3. The van der Waals surface area contributed by atoms with E-state index in [1.807, 2.05) is 24.4 Å². The fraction of sp³-hybridized carbons (Fsp3) is 0.214. The van der Waals surface area contributed by atoms with E-state index in [-0.39, 0.29) is 0 Å². The van der Waals surface area contributed by atoms with Crippen molar-refractivity contribution in [3.8, 4) is 0 Å². The number of aromatic nitrogens is 1. The van der Waals surface area contributed by atoms with Gasteiger partial charge in [-0.2, -0.15) is 0 Å². The van der Waals surface area contributed by atoms with E-state index in [0.717, 1.165) is 16.7 Å². The molecule has 1 aromatic heterocycles. The second kappa shape index (κ2) is 5.32. The highest BCUT2D eigenvalue weighted by Crippen LogP contribution is 2.25. The summed E-state index contributed by atoms with van der Waals surface area (Å²) in [5, 5.41) is 3.44. The number of nitrogens with zero attached hydrogens (tertiary/aromatic N) is 1.